The second kappa shape index (κ2) is 8.69. The topological polar surface area (TPSA) is 36.4 Å². The van der Waals surface area contributed by atoms with Crippen molar-refractivity contribution in [2.45, 2.75) is 13.0 Å². The molecule has 0 bridgehead atoms. The summed E-state index contributed by atoms with van der Waals surface area (Å²) in [6.07, 6.45) is 2.78. The summed E-state index contributed by atoms with van der Waals surface area (Å²) in [7, 11) is 0. The van der Waals surface area contributed by atoms with Crippen LogP contribution in [0.25, 0.3) is 10.8 Å². The Hall–Kier alpha value is -3.16. The van der Waals surface area contributed by atoms with E-state index in [1.807, 2.05) is 59.6 Å². The van der Waals surface area contributed by atoms with Gasteiger partial charge in [0.2, 0.25) is 0 Å². The van der Waals surface area contributed by atoms with Crippen LogP contribution in [-0.4, -0.2) is 46.9 Å². The molecule has 1 aliphatic heterocycles. The van der Waals surface area contributed by atoms with Crippen molar-refractivity contribution in [3.8, 4) is 11.8 Å². The highest BCUT2D eigenvalue weighted by Crippen LogP contribution is 2.17. The normalized spacial score (nSPS) is 14.9. The molecule has 140 valence electrons. The summed E-state index contributed by atoms with van der Waals surface area (Å²) in [5, 5.41) is 2.23. The summed E-state index contributed by atoms with van der Waals surface area (Å²) in [6.45, 7) is 4.09. The van der Waals surface area contributed by atoms with Gasteiger partial charge in [0.15, 0.2) is 0 Å². The van der Waals surface area contributed by atoms with Crippen LogP contribution in [-0.2, 0) is 11.3 Å². The smallest absolute Gasteiger partial charge is 0.298 e. The lowest BCUT2D eigenvalue weighted by molar-refractivity contribution is -0.125. The van der Waals surface area contributed by atoms with E-state index in [1.165, 1.54) is 0 Å². The summed E-state index contributed by atoms with van der Waals surface area (Å²) < 4.78 is 0. The highest BCUT2D eigenvalue weighted by atomic mass is 16.2. The lowest BCUT2D eigenvalue weighted by Crippen LogP contribution is -2.34. The third-order valence-corrected chi connectivity index (χ3v) is 5.08. The first-order valence-electron chi connectivity index (χ1n) is 9.70. The first-order valence-corrected chi connectivity index (χ1v) is 9.70. The fraction of sp³-hybridized carbons (Fsp3) is 0.250. The van der Waals surface area contributed by atoms with E-state index >= 15 is 0 Å². The number of amides is 1. The maximum Gasteiger partial charge on any atom is 0.298 e. The molecule has 1 aromatic heterocycles. The number of hydrogen-bond acceptors (Lipinski definition) is 3. The summed E-state index contributed by atoms with van der Waals surface area (Å²) in [6, 6.07) is 20.1. The number of hydrogen-bond donors (Lipinski definition) is 0. The number of fused-ring (bicyclic) bond motifs is 1. The van der Waals surface area contributed by atoms with E-state index in [2.05, 4.69) is 33.9 Å². The number of aromatic nitrogens is 1. The minimum Gasteiger partial charge on any atom is -0.331 e. The number of rotatable bonds is 2. The van der Waals surface area contributed by atoms with Gasteiger partial charge in [0.05, 0.1) is 5.69 Å². The van der Waals surface area contributed by atoms with Crippen LogP contribution in [0.5, 0.6) is 0 Å². The summed E-state index contributed by atoms with van der Waals surface area (Å²) in [5.41, 5.74) is 1.97. The Kier molecular flexibility index (Phi) is 5.65. The van der Waals surface area contributed by atoms with Crippen LogP contribution in [0, 0.1) is 11.8 Å². The predicted octanol–water partition coefficient (Wildman–Crippen LogP) is 3.32. The molecule has 0 spiro atoms. The Balaban J connectivity index is 1.41. The van der Waals surface area contributed by atoms with Gasteiger partial charge >= 0.3 is 0 Å². The molecule has 0 atom stereocenters. The van der Waals surface area contributed by atoms with E-state index in [4.69, 9.17) is 0 Å². The van der Waals surface area contributed by atoms with Crippen LogP contribution < -0.4 is 0 Å². The Bertz CT molecular complexity index is 1010. The molecule has 1 saturated heterocycles. The monoisotopic (exact) mass is 369 g/mol. The zero-order chi connectivity index (χ0) is 19.2. The van der Waals surface area contributed by atoms with E-state index < -0.39 is 0 Å². The number of benzene rings is 2. The SMILES string of the molecule is O=C(C#Cc1cccc2ccccc12)N1CCCN(Cc2ccccn2)CC1. The van der Waals surface area contributed by atoms with E-state index in [1.54, 1.807) is 0 Å². The fourth-order valence-corrected chi connectivity index (χ4v) is 3.59. The van der Waals surface area contributed by atoms with Gasteiger partial charge in [-0.05, 0) is 35.4 Å². The van der Waals surface area contributed by atoms with Crippen molar-refractivity contribution in [2.24, 2.45) is 0 Å². The van der Waals surface area contributed by atoms with Crippen molar-refractivity contribution in [2.75, 3.05) is 26.2 Å². The largest absolute Gasteiger partial charge is 0.331 e. The fourth-order valence-electron chi connectivity index (χ4n) is 3.59. The first kappa shape index (κ1) is 18.2. The Morgan fingerprint density at radius 2 is 1.79 bits per heavy atom. The van der Waals surface area contributed by atoms with Crippen LogP contribution >= 0.6 is 0 Å². The molecule has 4 nitrogen and oxygen atoms in total. The molecule has 2 heterocycles. The van der Waals surface area contributed by atoms with Gasteiger partial charge in [0.1, 0.15) is 0 Å². The Labute approximate surface area is 165 Å². The van der Waals surface area contributed by atoms with Crippen molar-refractivity contribution < 1.29 is 4.79 Å². The molecular weight excluding hydrogens is 346 g/mol. The quantitative estimate of drug-likeness (QED) is 0.650. The highest BCUT2D eigenvalue weighted by molar-refractivity contribution is 5.96. The summed E-state index contributed by atoms with van der Waals surface area (Å²) in [4.78, 5) is 21.3. The molecule has 1 amide bonds. The molecule has 28 heavy (non-hydrogen) atoms. The van der Waals surface area contributed by atoms with Crippen molar-refractivity contribution in [3.05, 3.63) is 78.1 Å². The standard InChI is InChI=1S/C24H23N3O/c28-24(13-12-21-9-5-8-20-7-1-2-11-23(20)21)27-16-6-15-26(17-18-27)19-22-10-3-4-14-25-22/h1-5,7-11,14H,6,15-19H2. The van der Waals surface area contributed by atoms with Gasteiger partial charge in [-0.25, -0.2) is 0 Å². The van der Waals surface area contributed by atoms with Crippen molar-refractivity contribution >= 4 is 16.7 Å². The summed E-state index contributed by atoms with van der Waals surface area (Å²) in [5.74, 6) is 5.86. The zero-order valence-corrected chi connectivity index (χ0v) is 15.8. The number of nitrogens with zero attached hydrogens (tertiary/aromatic N) is 3. The number of pyridine rings is 1. The van der Waals surface area contributed by atoms with E-state index in [9.17, 15) is 4.79 Å². The van der Waals surface area contributed by atoms with Gasteiger partial charge in [-0.3, -0.25) is 14.7 Å². The third-order valence-electron chi connectivity index (χ3n) is 5.08. The van der Waals surface area contributed by atoms with Crippen molar-refractivity contribution in [3.63, 3.8) is 0 Å². The van der Waals surface area contributed by atoms with Crippen molar-refractivity contribution in [1.82, 2.24) is 14.8 Å². The van der Waals surface area contributed by atoms with Gasteiger partial charge in [-0.2, -0.15) is 0 Å². The number of carbonyl (C=O) groups excluding carboxylic acids is 1. The minimum atomic E-state index is -0.0902. The maximum absolute atomic E-state index is 12.6. The third kappa shape index (κ3) is 4.39. The molecular formula is C24H23N3O. The zero-order valence-electron chi connectivity index (χ0n) is 15.8. The first-order chi connectivity index (χ1) is 13.8. The van der Waals surface area contributed by atoms with Crippen LogP contribution in [0.2, 0.25) is 0 Å². The molecule has 0 N–H and O–H groups in total. The van der Waals surface area contributed by atoms with E-state index in [0.29, 0.717) is 6.54 Å². The van der Waals surface area contributed by atoms with Crippen LogP contribution in [0.4, 0.5) is 0 Å². The van der Waals surface area contributed by atoms with Crippen LogP contribution in [0.1, 0.15) is 17.7 Å². The van der Waals surface area contributed by atoms with Gasteiger partial charge in [0.25, 0.3) is 5.91 Å². The molecule has 0 radical (unpaired) electrons. The van der Waals surface area contributed by atoms with Crippen molar-refractivity contribution in [1.29, 1.82) is 0 Å². The van der Waals surface area contributed by atoms with Gasteiger partial charge in [-0.15, -0.1) is 0 Å². The average Bonchev–Trinajstić information content (AvgIpc) is 2.98. The lowest BCUT2D eigenvalue weighted by atomic mass is 10.1. The second-order valence-corrected chi connectivity index (χ2v) is 7.02. The highest BCUT2D eigenvalue weighted by Gasteiger charge is 2.18. The average molecular weight is 369 g/mol. The van der Waals surface area contributed by atoms with Gasteiger partial charge in [0, 0.05) is 50.4 Å². The number of carbonyl (C=O) groups is 1. The molecule has 0 saturated carbocycles. The minimum absolute atomic E-state index is 0.0902. The lowest BCUT2D eigenvalue weighted by Gasteiger charge is -2.20. The van der Waals surface area contributed by atoms with Gasteiger partial charge in [-0.1, -0.05) is 48.4 Å². The van der Waals surface area contributed by atoms with Crippen LogP contribution in [0.15, 0.2) is 66.9 Å². The van der Waals surface area contributed by atoms with Crippen LogP contribution in [0.3, 0.4) is 0 Å². The molecule has 3 aromatic rings. The maximum atomic E-state index is 12.6. The molecule has 2 aromatic carbocycles. The Morgan fingerprint density at radius 3 is 2.68 bits per heavy atom. The summed E-state index contributed by atoms with van der Waals surface area (Å²) >= 11 is 0. The van der Waals surface area contributed by atoms with E-state index in [-0.39, 0.29) is 5.91 Å². The molecule has 4 heteroatoms. The molecule has 4 rings (SSSR count). The van der Waals surface area contributed by atoms with E-state index in [0.717, 1.165) is 54.6 Å². The second-order valence-electron chi connectivity index (χ2n) is 7.02. The molecule has 0 aliphatic carbocycles. The predicted molar refractivity (Wildman–Crippen MR) is 112 cm³/mol. The molecule has 0 unspecified atom stereocenters. The molecule has 1 aliphatic rings. The molecule has 1 fully saturated rings. The van der Waals surface area contributed by atoms with Gasteiger partial charge < -0.3 is 4.90 Å². The Morgan fingerprint density at radius 1 is 0.929 bits per heavy atom.